The number of fused-ring (bicyclic) bond motifs is 1. The first-order chi connectivity index (χ1) is 12.9. The molecule has 2 aromatic rings. The van der Waals surface area contributed by atoms with Crippen molar-refractivity contribution < 1.29 is 24.4 Å². The van der Waals surface area contributed by atoms with E-state index in [2.05, 4.69) is 0 Å². The molecule has 8 nitrogen and oxygen atoms in total. The lowest BCUT2D eigenvalue weighted by molar-refractivity contribution is -0.384. The molecular weight excluding hydrogens is 352 g/mol. The van der Waals surface area contributed by atoms with Gasteiger partial charge in [-0.2, -0.15) is 0 Å². The Bertz CT molecular complexity index is 892. The van der Waals surface area contributed by atoms with E-state index in [0.29, 0.717) is 18.0 Å². The van der Waals surface area contributed by atoms with Crippen LogP contribution in [0, 0.1) is 10.1 Å². The van der Waals surface area contributed by atoms with Crippen LogP contribution in [-0.2, 0) is 6.42 Å². The van der Waals surface area contributed by atoms with Gasteiger partial charge in [-0.25, -0.2) is 4.79 Å². The molecule has 0 bridgehead atoms. The number of aromatic carboxylic acids is 1. The average Bonchev–Trinajstić information content (AvgIpc) is 2.88. The fraction of sp³-hybridized carbons (Fsp3) is 0.263. The van der Waals surface area contributed by atoms with Crippen molar-refractivity contribution in [2.75, 3.05) is 18.6 Å². The predicted molar refractivity (Wildman–Crippen MR) is 97.7 cm³/mol. The number of carbonyl (C=O) groups is 2. The van der Waals surface area contributed by atoms with Gasteiger partial charge < -0.3 is 14.7 Å². The molecule has 0 unspecified atom stereocenters. The Morgan fingerprint density at radius 1 is 1.15 bits per heavy atom. The molecule has 0 aromatic heterocycles. The van der Waals surface area contributed by atoms with E-state index in [1.807, 2.05) is 6.07 Å². The topological polar surface area (TPSA) is 110 Å². The molecule has 27 heavy (non-hydrogen) atoms. The lowest BCUT2D eigenvalue weighted by Gasteiger charge is -2.23. The maximum absolute atomic E-state index is 13.1. The quantitative estimate of drug-likeness (QED) is 0.653. The van der Waals surface area contributed by atoms with Gasteiger partial charge >= 0.3 is 5.97 Å². The maximum atomic E-state index is 13.1. The van der Waals surface area contributed by atoms with E-state index in [-0.39, 0.29) is 11.1 Å². The summed E-state index contributed by atoms with van der Waals surface area (Å²) >= 11 is 0. The zero-order chi connectivity index (χ0) is 19.6. The lowest BCUT2D eigenvalue weighted by atomic mass is 10.1. The molecule has 140 valence electrons. The standard InChI is InChI=1S/C19H18N2O6/c1-27-16-5-6-17-12(11-16)4-2-3-7-20(17)18(22)13-8-14(19(23)24)10-15(9-13)21(25)26/h5-6,8-11H,2-4,7H2,1H3,(H,23,24). The zero-order valence-electron chi connectivity index (χ0n) is 14.7. The summed E-state index contributed by atoms with van der Waals surface area (Å²) in [6.45, 7) is 0.448. The largest absolute Gasteiger partial charge is 0.497 e. The van der Waals surface area contributed by atoms with Gasteiger partial charge in [-0.1, -0.05) is 0 Å². The lowest BCUT2D eigenvalue weighted by Crippen LogP contribution is -2.32. The number of carbonyl (C=O) groups excluding carboxylic acids is 1. The summed E-state index contributed by atoms with van der Waals surface area (Å²) in [5.74, 6) is -1.10. The third-order valence-electron chi connectivity index (χ3n) is 4.52. The average molecular weight is 370 g/mol. The first-order valence-electron chi connectivity index (χ1n) is 8.42. The molecule has 1 heterocycles. The van der Waals surface area contributed by atoms with Crippen LogP contribution in [0.25, 0.3) is 0 Å². The molecule has 0 radical (unpaired) electrons. The predicted octanol–water partition coefficient (Wildman–Crippen LogP) is 3.28. The van der Waals surface area contributed by atoms with E-state index in [9.17, 15) is 24.8 Å². The number of amides is 1. The van der Waals surface area contributed by atoms with E-state index in [4.69, 9.17) is 4.74 Å². The summed E-state index contributed by atoms with van der Waals surface area (Å²) < 4.78 is 5.24. The first kappa shape index (κ1) is 18.4. The Morgan fingerprint density at radius 3 is 2.56 bits per heavy atom. The van der Waals surface area contributed by atoms with Crippen LogP contribution < -0.4 is 9.64 Å². The van der Waals surface area contributed by atoms with Gasteiger partial charge in [0.15, 0.2) is 0 Å². The fourth-order valence-corrected chi connectivity index (χ4v) is 3.19. The maximum Gasteiger partial charge on any atom is 0.335 e. The Hall–Kier alpha value is -3.42. The second-order valence-corrected chi connectivity index (χ2v) is 6.24. The summed E-state index contributed by atoms with van der Waals surface area (Å²) in [6.07, 6.45) is 2.44. The van der Waals surface area contributed by atoms with Crippen molar-refractivity contribution in [3.63, 3.8) is 0 Å². The Kier molecular flexibility index (Phi) is 5.07. The van der Waals surface area contributed by atoms with Crippen LogP contribution in [0.2, 0.25) is 0 Å². The molecule has 0 aliphatic carbocycles. The molecule has 3 rings (SSSR count). The zero-order valence-corrected chi connectivity index (χ0v) is 14.7. The van der Waals surface area contributed by atoms with E-state index < -0.39 is 22.5 Å². The molecule has 1 amide bonds. The highest BCUT2D eigenvalue weighted by atomic mass is 16.6. The highest BCUT2D eigenvalue weighted by Gasteiger charge is 2.25. The minimum absolute atomic E-state index is 0.0229. The third kappa shape index (κ3) is 3.74. The van der Waals surface area contributed by atoms with Crippen LogP contribution in [0.1, 0.15) is 39.1 Å². The van der Waals surface area contributed by atoms with Gasteiger partial charge in [0.25, 0.3) is 11.6 Å². The van der Waals surface area contributed by atoms with Crippen molar-refractivity contribution in [2.24, 2.45) is 0 Å². The molecule has 1 aliphatic heterocycles. The molecule has 1 aliphatic rings. The summed E-state index contributed by atoms with van der Waals surface area (Å²) in [7, 11) is 1.57. The van der Waals surface area contributed by atoms with Gasteiger partial charge in [-0.3, -0.25) is 14.9 Å². The number of nitro benzene ring substituents is 1. The number of nitro groups is 1. The smallest absolute Gasteiger partial charge is 0.335 e. The van der Waals surface area contributed by atoms with Crippen LogP contribution in [-0.4, -0.2) is 35.6 Å². The van der Waals surface area contributed by atoms with Crippen LogP contribution in [0.5, 0.6) is 5.75 Å². The number of anilines is 1. The normalized spacial score (nSPS) is 13.4. The number of carboxylic acids is 1. The number of carboxylic acid groups (broad SMARTS) is 1. The van der Waals surface area contributed by atoms with Gasteiger partial charge in [0, 0.05) is 29.9 Å². The van der Waals surface area contributed by atoms with Crippen LogP contribution in [0.4, 0.5) is 11.4 Å². The van der Waals surface area contributed by atoms with Crippen molar-refractivity contribution in [1.29, 1.82) is 0 Å². The Balaban J connectivity index is 2.06. The van der Waals surface area contributed by atoms with E-state index in [1.54, 1.807) is 24.1 Å². The molecule has 0 fully saturated rings. The fourth-order valence-electron chi connectivity index (χ4n) is 3.19. The van der Waals surface area contributed by atoms with Crippen molar-refractivity contribution in [2.45, 2.75) is 19.3 Å². The summed E-state index contributed by atoms with van der Waals surface area (Å²) in [5, 5.41) is 20.3. The van der Waals surface area contributed by atoms with Gasteiger partial charge in [0.05, 0.1) is 17.6 Å². The number of benzene rings is 2. The molecule has 8 heteroatoms. The number of hydrogen-bond acceptors (Lipinski definition) is 5. The summed E-state index contributed by atoms with van der Waals surface area (Å²) in [6, 6.07) is 8.64. The number of methoxy groups -OCH3 is 1. The minimum Gasteiger partial charge on any atom is -0.497 e. The molecule has 1 N–H and O–H groups in total. The first-order valence-corrected chi connectivity index (χ1v) is 8.42. The van der Waals surface area contributed by atoms with Crippen molar-refractivity contribution >= 4 is 23.3 Å². The van der Waals surface area contributed by atoms with Gasteiger partial charge in [-0.15, -0.1) is 0 Å². The monoisotopic (exact) mass is 370 g/mol. The van der Waals surface area contributed by atoms with Gasteiger partial charge in [0.1, 0.15) is 5.75 Å². The van der Waals surface area contributed by atoms with E-state index in [1.165, 1.54) is 6.07 Å². The number of non-ortho nitro benzene ring substituents is 1. The molecule has 0 saturated carbocycles. The van der Waals surface area contributed by atoms with Crippen molar-refractivity contribution in [3.05, 3.63) is 63.2 Å². The van der Waals surface area contributed by atoms with Crippen LogP contribution in [0.3, 0.4) is 0 Å². The molecule has 0 spiro atoms. The number of ether oxygens (including phenoxy) is 1. The third-order valence-corrected chi connectivity index (χ3v) is 4.52. The second kappa shape index (κ2) is 7.45. The highest BCUT2D eigenvalue weighted by Crippen LogP contribution is 2.31. The molecule has 0 saturated heterocycles. The molecular formula is C19H18N2O6. The van der Waals surface area contributed by atoms with Crippen molar-refractivity contribution in [3.8, 4) is 5.75 Å². The van der Waals surface area contributed by atoms with Crippen molar-refractivity contribution in [1.82, 2.24) is 0 Å². The van der Waals surface area contributed by atoms with E-state index in [0.717, 1.165) is 37.0 Å². The summed E-state index contributed by atoms with van der Waals surface area (Å²) in [5.41, 5.74) is 0.913. The van der Waals surface area contributed by atoms with Crippen LogP contribution in [0.15, 0.2) is 36.4 Å². The summed E-state index contributed by atoms with van der Waals surface area (Å²) in [4.78, 5) is 36.4. The highest BCUT2D eigenvalue weighted by molar-refractivity contribution is 6.08. The van der Waals surface area contributed by atoms with Gasteiger partial charge in [0.2, 0.25) is 0 Å². The van der Waals surface area contributed by atoms with E-state index >= 15 is 0 Å². The number of hydrogen-bond donors (Lipinski definition) is 1. The minimum atomic E-state index is -1.33. The van der Waals surface area contributed by atoms with Crippen LogP contribution >= 0.6 is 0 Å². The molecule has 2 aromatic carbocycles. The second-order valence-electron chi connectivity index (χ2n) is 6.24. The number of rotatable bonds is 4. The Morgan fingerprint density at radius 2 is 1.89 bits per heavy atom. The van der Waals surface area contributed by atoms with Gasteiger partial charge in [-0.05, 0) is 49.1 Å². The molecule has 0 atom stereocenters. The number of nitrogens with zero attached hydrogens (tertiary/aromatic N) is 2. The SMILES string of the molecule is COc1ccc2c(c1)CCCCN2C(=O)c1cc(C(=O)O)cc([N+](=O)[O-])c1. The Labute approximate surface area is 155 Å². The number of aryl methyl sites for hydroxylation is 1.